The first-order chi connectivity index (χ1) is 16.4. The highest BCUT2D eigenvalue weighted by Crippen LogP contribution is 2.33. The molecule has 0 unspecified atom stereocenters. The largest absolute Gasteiger partial charge is 0.493 e. The summed E-state index contributed by atoms with van der Waals surface area (Å²) in [6, 6.07) is 9.86. The number of benzene rings is 2. The van der Waals surface area contributed by atoms with Crippen molar-refractivity contribution in [3.63, 3.8) is 0 Å². The predicted octanol–water partition coefficient (Wildman–Crippen LogP) is 1.81. The molecule has 0 spiro atoms. The van der Waals surface area contributed by atoms with E-state index in [1.807, 2.05) is 4.90 Å². The van der Waals surface area contributed by atoms with Gasteiger partial charge in [-0.15, -0.1) is 0 Å². The molecule has 2 aliphatic heterocycles. The summed E-state index contributed by atoms with van der Waals surface area (Å²) in [6.45, 7) is 2.67. The highest BCUT2D eigenvalue weighted by Gasteiger charge is 2.30. The van der Waals surface area contributed by atoms with E-state index in [2.05, 4.69) is 5.32 Å². The fraction of sp³-hybridized carbons (Fsp3) is 0.435. The van der Waals surface area contributed by atoms with Gasteiger partial charge in [0.05, 0.1) is 38.9 Å². The fourth-order valence-electron chi connectivity index (χ4n) is 3.90. The van der Waals surface area contributed by atoms with Gasteiger partial charge in [0.15, 0.2) is 23.0 Å². The summed E-state index contributed by atoms with van der Waals surface area (Å²) in [6.07, 6.45) is 0.748. The standard InChI is InChI=1S/C23H29N3O7S/c1-30-19-6-4-17(14-21(19)31-2)24-23(27)16-25-8-10-26(11-9-25)34(28,29)18-5-7-20-22(15-18)33-13-3-12-32-20/h4-7,14-15H,3,8-13,16H2,1-2H3,(H,24,27). The monoisotopic (exact) mass is 491 g/mol. The summed E-state index contributed by atoms with van der Waals surface area (Å²) in [5.41, 5.74) is 0.596. The Balaban J connectivity index is 1.33. The summed E-state index contributed by atoms with van der Waals surface area (Å²) < 4.78 is 49.4. The summed E-state index contributed by atoms with van der Waals surface area (Å²) >= 11 is 0. The molecule has 2 aromatic rings. The van der Waals surface area contributed by atoms with E-state index in [0.29, 0.717) is 68.1 Å². The molecule has 34 heavy (non-hydrogen) atoms. The Morgan fingerprint density at radius 2 is 1.65 bits per heavy atom. The first kappa shape index (κ1) is 24.1. The van der Waals surface area contributed by atoms with Gasteiger partial charge in [0, 0.05) is 50.4 Å². The average Bonchev–Trinajstić information content (AvgIpc) is 3.09. The van der Waals surface area contributed by atoms with Gasteiger partial charge < -0.3 is 24.3 Å². The third kappa shape index (κ3) is 5.37. The van der Waals surface area contributed by atoms with Gasteiger partial charge in [-0.1, -0.05) is 0 Å². The normalized spacial score (nSPS) is 17.0. The minimum atomic E-state index is -3.68. The number of hydrogen-bond acceptors (Lipinski definition) is 8. The van der Waals surface area contributed by atoms with E-state index in [4.69, 9.17) is 18.9 Å². The molecule has 184 valence electrons. The van der Waals surface area contributed by atoms with Crippen molar-refractivity contribution in [3.8, 4) is 23.0 Å². The number of methoxy groups -OCH3 is 2. The van der Waals surface area contributed by atoms with Gasteiger partial charge in [-0.05, 0) is 24.3 Å². The van der Waals surface area contributed by atoms with Crippen molar-refractivity contribution >= 4 is 21.6 Å². The number of ether oxygens (including phenoxy) is 4. The van der Waals surface area contributed by atoms with Crippen molar-refractivity contribution in [1.82, 2.24) is 9.21 Å². The predicted molar refractivity (Wildman–Crippen MR) is 125 cm³/mol. The van der Waals surface area contributed by atoms with Crippen LogP contribution in [-0.2, 0) is 14.8 Å². The molecule has 4 rings (SSSR count). The Bertz CT molecular complexity index is 1130. The number of nitrogens with zero attached hydrogens (tertiary/aromatic N) is 2. The third-order valence-electron chi connectivity index (χ3n) is 5.72. The maximum absolute atomic E-state index is 13.2. The Morgan fingerprint density at radius 3 is 2.35 bits per heavy atom. The van der Waals surface area contributed by atoms with Crippen molar-refractivity contribution in [3.05, 3.63) is 36.4 Å². The van der Waals surface area contributed by atoms with Crippen LogP contribution in [0.5, 0.6) is 23.0 Å². The molecular weight excluding hydrogens is 462 g/mol. The second-order valence-corrected chi connectivity index (χ2v) is 9.90. The zero-order valence-electron chi connectivity index (χ0n) is 19.3. The number of piperazine rings is 1. The molecule has 0 atom stereocenters. The molecule has 2 aliphatic rings. The van der Waals surface area contributed by atoms with Crippen LogP contribution in [0, 0.1) is 0 Å². The van der Waals surface area contributed by atoms with E-state index in [9.17, 15) is 13.2 Å². The molecule has 0 saturated carbocycles. The van der Waals surface area contributed by atoms with Crippen molar-refractivity contribution in [2.45, 2.75) is 11.3 Å². The highest BCUT2D eigenvalue weighted by atomic mass is 32.2. The summed E-state index contributed by atoms with van der Waals surface area (Å²) in [7, 11) is -0.600. The van der Waals surface area contributed by atoms with Gasteiger partial charge in [-0.2, -0.15) is 4.31 Å². The number of sulfonamides is 1. The van der Waals surface area contributed by atoms with Crippen molar-refractivity contribution in [2.75, 3.05) is 65.5 Å². The van der Waals surface area contributed by atoms with E-state index < -0.39 is 10.0 Å². The molecule has 1 N–H and O–H groups in total. The maximum Gasteiger partial charge on any atom is 0.243 e. The number of fused-ring (bicyclic) bond motifs is 1. The smallest absolute Gasteiger partial charge is 0.243 e. The molecule has 0 aromatic heterocycles. The molecule has 11 heteroatoms. The SMILES string of the molecule is COc1ccc(NC(=O)CN2CCN(S(=O)(=O)c3ccc4c(c3)OCCCO4)CC2)cc1OC. The number of hydrogen-bond donors (Lipinski definition) is 1. The zero-order valence-corrected chi connectivity index (χ0v) is 20.1. The topological polar surface area (TPSA) is 107 Å². The fourth-order valence-corrected chi connectivity index (χ4v) is 5.34. The summed E-state index contributed by atoms with van der Waals surface area (Å²) in [5, 5.41) is 2.84. The van der Waals surface area contributed by atoms with Crippen LogP contribution in [0.15, 0.2) is 41.3 Å². The minimum Gasteiger partial charge on any atom is -0.493 e. The molecule has 0 bridgehead atoms. The lowest BCUT2D eigenvalue weighted by Crippen LogP contribution is -2.50. The molecule has 0 aliphatic carbocycles. The second-order valence-electron chi connectivity index (χ2n) is 7.96. The van der Waals surface area contributed by atoms with Crippen LogP contribution in [0.25, 0.3) is 0 Å². The number of carbonyl (C=O) groups is 1. The summed E-state index contributed by atoms with van der Waals surface area (Å²) in [4.78, 5) is 14.6. The first-order valence-corrected chi connectivity index (χ1v) is 12.5. The lowest BCUT2D eigenvalue weighted by molar-refractivity contribution is -0.117. The van der Waals surface area contributed by atoms with E-state index in [0.717, 1.165) is 6.42 Å². The highest BCUT2D eigenvalue weighted by molar-refractivity contribution is 7.89. The zero-order chi connectivity index (χ0) is 24.1. The number of nitrogens with one attached hydrogen (secondary N) is 1. The number of anilines is 1. The van der Waals surface area contributed by atoms with Crippen LogP contribution in [0.1, 0.15) is 6.42 Å². The minimum absolute atomic E-state index is 0.159. The number of rotatable bonds is 7. The Kier molecular flexibility index (Phi) is 7.44. The van der Waals surface area contributed by atoms with Gasteiger partial charge in [-0.25, -0.2) is 8.42 Å². The van der Waals surface area contributed by atoms with Gasteiger partial charge in [0.1, 0.15) is 0 Å². The quantitative estimate of drug-likeness (QED) is 0.625. The molecule has 1 saturated heterocycles. The Morgan fingerprint density at radius 1 is 0.941 bits per heavy atom. The van der Waals surface area contributed by atoms with Crippen molar-refractivity contribution < 1.29 is 32.2 Å². The molecule has 1 fully saturated rings. The van der Waals surface area contributed by atoms with Gasteiger partial charge in [0.25, 0.3) is 0 Å². The van der Waals surface area contributed by atoms with E-state index >= 15 is 0 Å². The van der Waals surface area contributed by atoms with Gasteiger partial charge in [-0.3, -0.25) is 9.69 Å². The maximum atomic E-state index is 13.2. The molecule has 1 amide bonds. The van der Waals surface area contributed by atoms with Crippen LogP contribution in [-0.4, -0.2) is 83.7 Å². The van der Waals surface area contributed by atoms with Crippen molar-refractivity contribution in [1.29, 1.82) is 0 Å². The molecule has 2 aromatic carbocycles. The third-order valence-corrected chi connectivity index (χ3v) is 7.62. The molecule has 0 radical (unpaired) electrons. The Hall–Kier alpha value is -3.02. The number of carbonyl (C=O) groups excluding carboxylic acids is 1. The molecule has 2 heterocycles. The lowest BCUT2D eigenvalue weighted by atomic mass is 10.2. The van der Waals surface area contributed by atoms with Gasteiger partial charge >= 0.3 is 0 Å². The van der Waals surface area contributed by atoms with Crippen LogP contribution in [0.3, 0.4) is 0 Å². The van der Waals surface area contributed by atoms with Gasteiger partial charge in [0.2, 0.25) is 15.9 Å². The van der Waals surface area contributed by atoms with Crippen LogP contribution in [0.4, 0.5) is 5.69 Å². The first-order valence-electron chi connectivity index (χ1n) is 11.0. The molecule has 10 nitrogen and oxygen atoms in total. The average molecular weight is 492 g/mol. The van der Waals surface area contributed by atoms with Crippen LogP contribution in [0.2, 0.25) is 0 Å². The van der Waals surface area contributed by atoms with E-state index in [1.54, 1.807) is 37.4 Å². The van der Waals surface area contributed by atoms with Crippen LogP contribution >= 0.6 is 0 Å². The second kappa shape index (κ2) is 10.5. The van der Waals surface area contributed by atoms with E-state index in [1.165, 1.54) is 17.5 Å². The number of amides is 1. The Labute approximate surface area is 199 Å². The lowest BCUT2D eigenvalue weighted by Gasteiger charge is -2.33. The summed E-state index contributed by atoms with van der Waals surface area (Å²) in [5.74, 6) is 1.91. The van der Waals surface area contributed by atoms with Crippen molar-refractivity contribution in [2.24, 2.45) is 0 Å². The van der Waals surface area contributed by atoms with Crippen LogP contribution < -0.4 is 24.3 Å². The van der Waals surface area contributed by atoms with E-state index in [-0.39, 0.29) is 17.3 Å². The molecular formula is C23H29N3O7S.